The molecule has 0 spiro atoms. The smallest absolute Gasteiger partial charge is 0.411 e. The average molecular weight is 490 g/mol. The highest BCUT2D eigenvalue weighted by Gasteiger charge is 2.38. The molecule has 3 rings (SSSR count). The molecule has 0 bridgehead atoms. The molecule has 0 aromatic heterocycles. The van der Waals surface area contributed by atoms with Crippen LogP contribution in [0.25, 0.3) is 0 Å². The monoisotopic (exact) mass is 489 g/mol. The van der Waals surface area contributed by atoms with Crippen LogP contribution in [-0.2, 0) is 33.7 Å². The molecule has 3 N–H and O–H groups in total. The summed E-state index contributed by atoms with van der Waals surface area (Å²) in [5, 5.41) is 29.8. The first-order valence-corrected chi connectivity index (χ1v) is 11.4. The number of phenols is 2. The first kappa shape index (κ1) is 26.3. The maximum absolute atomic E-state index is 13.9. The SMILES string of the molecule is COC(=O)[C@@H]1Cc2cc(O)c(CC(CCO)c3ccc(O)c(F)c3)cc2CN1C(=O)OC(C)(C)C. The Morgan fingerprint density at radius 2 is 1.86 bits per heavy atom. The Labute approximate surface area is 203 Å². The van der Waals surface area contributed by atoms with Crippen LogP contribution < -0.4 is 0 Å². The Kier molecular flexibility index (Phi) is 7.90. The molecular weight excluding hydrogens is 457 g/mol. The number of hydrogen-bond acceptors (Lipinski definition) is 7. The summed E-state index contributed by atoms with van der Waals surface area (Å²) in [5.41, 5.74) is 1.82. The molecule has 2 atom stereocenters. The molecule has 2 aromatic rings. The summed E-state index contributed by atoms with van der Waals surface area (Å²) in [7, 11) is 1.25. The van der Waals surface area contributed by atoms with Gasteiger partial charge in [-0.3, -0.25) is 4.90 Å². The lowest BCUT2D eigenvalue weighted by Crippen LogP contribution is -2.50. The van der Waals surface area contributed by atoms with Crippen LogP contribution in [0.15, 0.2) is 30.3 Å². The highest BCUT2D eigenvalue weighted by molar-refractivity contribution is 5.82. The van der Waals surface area contributed by atoms with Gasteiger partial charge in [-0.15, -0.1) is 0 Å². The van der Waals surface area contributed by atoms with E-state index in [9.17, 15) is 29.3 Å². The standard InChI is InChI=1S/C26H32FNO7/c1-26(2,3)35-25(33)28-14-19-10-18(23(31)13-17(19)12-21(28)24(32)34-4)9-16(7-8-29)15-5-6-22(30)20(27)11-15/h5-6,10-11,13,16,21,29-31H,7-9,12,14H2,1-4H3/t16?,21-/m0/s1. The first-order valence-electron chi connectivity index (χ1n) is 11.4. The molecule has 0 fully saturated rings. The maximum Gasteiger partial charge on any atom is 0.411 e. The second-order valence-corrected chi connectivity index (χ2v) is 9.73. The molecule has 8 nitrogen and oxygen atoms in total. The van der Waals surface area contributed by atoms with Gasteiger partial charge in [0.2, 0.25) is 0 Å². The molecule has 190 valence electrons. The number of hydrogen-bond donors (Lipinski definition) is 3. The fraction of sp³-hybridized carbons (Fsp3) is 0.462. The average Bonchev–Trinajstić information content (AvgIpc) is 2.78. The van der Waals surface area contributed by atoms with Crippen LogP contribution in [0.5, 0.6) is 11.5 Å². The highest BCUT2D eigenvalue weighted by Crippen LogP contribution is 2.35. The van der Waals surface area contributed by atoms with Crippen LogP contribution in [0.1, 0.15) is 55.4 Å². The number of carbonyl (C=O) groups excluding carboxylic acids is 2. The second kappa shape index (κ2) is 10.5. The number of ether oxygens (including phenoxy) is 2. The second-order valence-electron chi connectivity index (χ2n) is 9.73. The third-order valence-electron chi connectivity index (χ3n) is 6.02. The number of phenolic OH excluding ortho intramolecular Hbond substituents is 2. The number of carbonyl (C=O) groups is 2. The molecule has 1 aliphatic rings. The van der Waals surface area contributed by atoms with Gasteiger partial charge in [-0.25, -0.2) is 14.0 Å². The van der Waals surface area contributed by atoms with Crippen molar-refractivity contribution in [2.75, 3.05) is 13.7 Å². The minimum Gasteiger partial charge on any atom is -0.508 e. The minimum atomic E-state index is -0.894. The van der Waals surface area contributed by atoms with Gasteiger partial charge >= 0.3 is 12.1 Å². The van der Waals surface area contributed by atoms with Gasteiger partial charge in [0, 0.05) is 13.0 Å². The van der Waals surface area contributed by atoms with Gasteiger partial charge < -0.3 is 24.8 Å². The van der Waals surface area contributed by atoms with E-state index in [1.807, 2.05) is 0 Å². The quantitative estimate of drug-likeness (QED) is 0.529. The van der Waals surface area contributed by atoms with Crippen LogP contribution >= 0.6 is 0 Å². The first-order chi connectivity index (χ1) is 16.4. The molecule has 0 saturated carbocycles. The molecule has 1 aliphatic heterocycles. The molecule has 0 radical (unpaired) electrons. The largest absolute Gasteiger partial charge is 0.508 e. The van der Waals surface area contributed by atoms with E-state index in [1.54, 1.807) is 39.0 Å². The van der Waals surface area contributed by atoms with Crippen molar-refractivity contribution < 1.29 is 38.8 Å². The van der Waals surface area contributed by atoms with Crippen LogP contribution in [0.4, 0.5) is 9.18 Å². The molecule has 1 unspecified atom stereocenters. The summed E-state index contributed by atoms with van der Waals surface area (Å²) in [6.07, 6.45) is 0.107. The van der Waals surface area contributed by atoms with Crippen molar-refractivity contribution in [2.45, 2.75) is 64.1 Å². The zero-order valence-electron chi connectivity index (χ0n) is 20.4. The van der Waals surface area contributed by atoms with E-state index in [2.05, 4.69) is 0 Å². The predicted molar refractivity (Wildman–Crippen MR) is 126 cm³/mol. The Bertz CT molecular complexity index is 1100. The molecule has 0 aliphatic carbocycles. The van der Waals surface area contributed by atoms with Crippen molar-refractivity contribution in [1.29, 1.82) is 0 Å². The lowest BCUT2D eigenvalue weighted by molar-refractivity contribution is -0.147. The highest BCUT2D eigenvalue weighted by atomic mass is 19.1. The van der Waals surface area contributed by atoms with Crippen LogP contribution in [-0.4, -0.2) is 57.6 Å². The summed E-state index contributed by atoms with van der Waals surface area (Å²) in [5.74, 6) is -2.13. The van der Waals surface area contributed by atoms with Gasteiger partial charge in [-0.2, -0.15) is 0 Å². The van der Waals surface area contributed by atoms with Crippen LogP contribution in [0, 0.1) is 5.82 Å². The number of methoxy groups -OCH3 is 1. The number of aliphatic hydroxyl groups is 1. The lowest BCUT2D eigenvalue weighted by atomic mass is 9.86. The van der Waals surface area contributed by atoms with E-state index < -0.39 is 35.3 Å². The normalized spacial score (nSPS) is 16.4. The van der Waals surface area contributed by atoms with Crippen molar-refractivity contribution in [3.8, 4) is 11.5 Å². The molecule has 2 aromatic carbocycles. The van der Waals surface area contributed by atoms with Crippen molar-refractivity contribution in [2.24, 2.45) is 0 Å². The third kappa shape index (κ3) is 6.22. The summed E-state index contributed by atoms with van der Waals surface area (Å²) >= 11 is 0. The number of aromatic hydroxyl groups is 2. The summed E-state index contributed by atoms with van der Waals surface area (Å²) in [4.78, 5) is 26.6. The third-order valence-corrected chi connectivity index (χ3v) is 6.02. The van der Waals surface area contributed by atoms with Crippen LogP contribution in [0.3, 0.4) is 0 Å². The van der Waals surface area contributed by atoms with Crippen LogP contribution in [0.2, 0.25) is 0 Å². The van der Waals surface area contributed by atoms with Crippen molar-refractivity contribution in [3.05, 3.63) is 58.4 Å². The number of fused-ring (bicyclic) bond motifs is 1. The summed E-state index contributed by atoms with van der Waals surface area (Å²) < 4.78 is 24.3. The summed E-state index contributed by atoms with van der Waals surface area (Å²) in [6, 6.07) is 6.50. The fourth-order valence-electron chi connectivity index (χ4n) is 4.28. The van der Waals surface area contributed by atoms with E-state index in [1.165, 1.54) is 24.1 Å². The number of nitrogens with zero attached hydrogens (tertiary/aromatic N) is 1. The number of esters is 1. The number of rotatable bonds is 6. The zero-order valence-corrected chi connectivity index (χ0v) is 20.4. The topological polar surface area (TPSA) is 117 Å². The number of amides is 1. The van der Waals surface area contributed by atoms with E-state index in [0.717, 1.165) is 5.56 Å². The van der Waals surface area contributed by atoms with E-state index >= 15 is 0 Å². The lowest BCUT2D eigenvalue weighted by Gasteiger charge is -2.36. The maximum atomic E-state index is 13.9. The zero-order chi connectivity index (χ0) is 25.9. The van der Waals surface area contributed by atoms with Gasteiger partial charge in [0.15, 0.2) is 11.6 Å². The molecule has 1 heterocycles. The minimum absolute atomic E-state index is 0.000254. The van der Waals surface area contributed by atoms with Gasteiger partial charge in [0.25, 0.3) is 0 Å². The van der Waals surface area contributed by atoms with Gasteiger partial charge in [0.05, 0.1) is 13.7 Å². The van der Waals surface area contributed by atoms with Crippen molar-refractivity contribution >= 4 is 12.1 Å². The Morgan fingerprint density at radius 3 is 2.46 bits per heavy atom. The number of benzene rings is 2. The van der Waals surface area contributed by atoms with E-state index in [4.69, 9.17) is 9.47 Å². The molecular formula is C26H32FNO7. The van der Waals surface area contributed by atoms with Gasteiger partial charge in [-0.05, 0) is 80.0 Å². The van der Waals surface area contributed by atoms with E-state index in [-0.39, 0.29) is 37.7 Å². The molecule has 1 amide bonds. The number of halogens is 1. The van der Waals surface area contributed by atoms with Gasteiger partial charge in [0.1, 0.15) is 17.4 Å². The van der Waals surface area contributed by atoms with Gasteiger partial charge in [-0.1, -0.05) is 12.1 Å². The van der Waals surface area contributed by atoms with E-state index in [0.29, 0.717) is 23.1 Å². The molecule has 0 saturated heterocycles. The summed E-state index contributed by atoms with van der Waals surface area (Å²) in [6.45, 7) is 5.14. The Hall–Kier alpha value is -3.33. The molecule has 35 heavy (non-hydrogen) atoms. The Balaban J connectivity index is 1.94. The van der Waals surface area contributed by atoms with Crippen molar-refractivity contribution in [3.63, 3.8) is 0 Å². The predicted octanol–water partition coefficient (Wildman–Crippen LogP) is 3.78. The number of aliphatic hydroxyl groups excluding tert-OH is 1. The van der Waals surface area contributed by atoms with Crippen molar-refractivity contribution in [1.82, 2.24) is 4.90 Å². The Morgan fingerprint density at radius 1 is 1.14 bits per heavy atom. The fourth-order valence-corrected chi connectivity index (χ4v) is 4.28. The molecule has 9 heteroatoms.